The molecule has 1 saturated carbocycles. The molecule has 0 heterocycles. The zero-order valence-electron chi connectivity index (χ0n) is 7.48. The van der Waals surface area contributed by atoms with Crippen LogP contribution in [0.1, 0.15) is 29.4 Å². The summed E-state index contributed by atoms with van der Waals surface area (Å²) in [4.78, 5) is 0. The van der Waals surface area contributed by atoms with Gasteiger partial charge in [-0.1, -0.05) is 24.3 Å². The summed E-state index contributed by atoms with van der Waals surface area (Å²) in [6.07, 6.45) is 1.17. The predicted molar refractivity (Wildman–Crippen MR) is 52.5 cm³/mol. The van der Waals surface area contributed by atoms with Crippen molar-refractivity contribution in [2.24, 2.45) is 11.5 Å². The van der Waals surface area contributed by atoms with E-state index in [9.17, 15) is 0 Å². The van der Waals surface area contributed by atoms with Crippen molar-refractivity contribution in [2.75, 3.05) is 0 Å². The van der Waals surface area contributed by atoms with Gasteiger partial charge in [-0.2, -0.15) is 0 Å². The Kier molecular flexibility index (Phi) is 1.35. The van der Waals surface area contributed by atoms with Crippen molar-refractivity contribution in [1.29, 1.82) is 0 Å². The summed E-state index contributed by atoms with van der Waals surface area (Å²) in [5.41, 5.74) is 15.0. The van der Waals surface area contributed by atoms with Gasteiger partial charge in [0.15, 0.2) is 0 Å². The van der Waals surface area contributed by atoms with Gasteiger partial charge in [-0.15, -0.1) is 0 Å². The van der Waals surface area contributed by atoms with Gasteiger partial charge in [0.1, 0.15) is 0 Å². The van der Waals surface area contributed by atoms with E-state index in [0.29, 0.717) is 11.8 Å². The molecule has 2 nitrogen and oxygen atoms in total. The van der Waals surface area contributed by atoms with Crippen molar-refractivity contribution >= 4 is 0 Å². The average Bonchev–Trinajstić information content (AvgIpc) is 2.66. The molecule has 2 aliphatic carbocycles. The molecule has 3 rings (SSSR count). The van der Waals surface area contributed by atoms with E-state index in [1.165, 1.54) is 17.5 Å². The molecule has 2 bridgehead atoms. The van der Waals surface area contributed by atoms with Crippen LogP contribution in [0.5, 0.6) is 0 Å². The smallest absolute Gasteiger partial charge is 0.0268 e. The zero-order valence-corrected chi connectivity index (χ0v) is 7.48. The van der Waals surface area contributed by atoms with E-state index in [0.717, 1.165) is 0 Å². The molecule has 0 aliphatic heterocycles. The first kappa shape index (κ1) is 7.54. The molecule has 0 radical (unpaired) electrons. The SMILES string of the molecule is N[C@@H]1C2CC(c3ccccc32)[C@H]1N. The van der Waals surface area contributed by atoms with Gasteiger partial charge in [0.2, 0.25) is 0 Å². The molecule has 13 heavy (non-hydrogen) atoms. The van der Waals surface area contributed by atoms with Crippen LogP contribution in [0.3, 0.4) is 0 Å². The Balaban J connectivity index is 2.16. The first-order chi connectivity index (χ1) is 6.29. The zero-order chi connectivity index (χ0) is 9.00. The van der Waals surface area contributed by atoms with Crippen LogP contribution in [0.25, 0.3) is 0 Å². The fourth-order valence-corrected chi connectivity index (χ4v) is 2.98. The highest BCUT2D eigenvalue weighted by Crippen LogP contribution is 2.51. The molecule has 68 valence electrons. The van der Waals surface area contributed by atoms with Gasteiger partial charge in [-0.05, 0) is 17.5 Å². The molecule has 4 atom stereocenters. The standard InChI is InChI=1S/C11H14N2/c12-10-8-5-9(11(10)13)7-4-2-1-3-6(7)8/h1-4,8-11H,5,12-13H2/t8?,9?,10-,11-/m1/s1. The largest absolute Gasteiger partial charge is 0.326 e. The number of fused-ring (bicyclic) bond motifs is 5. The van der Waals surface area contributed by atoms with E-state index in [1.54, 1.807) is 0 Å². The van der Waals surface area contributed by atoms with Crippen LogP contribution in [0.4, 0.5) is 0 Å². The third-order valence-electron chi connectivity index (χ3n) is 3.68. The second kappa shape index (κ2) is 2.34. The monoisotopic (exact) mass is 174 g/mol. The summed E-state index contributed by atoms with van der Waals surface area (Å²) in [6.45, 7) is 0. The number of rotatable bonds is 0. The Labute approximate surface area is 77.9 Å². The molecule has 1 aromatic carbocycles. The number of hydrogen-bond donors (Lipinski definition) is 2. The lowest BCUT2D eigenvalue weighted by Crippen LogP contribution is -2.44. The number of hydrogen-bond acceptors (Lipinski definition) is 2. The lowest BCUT2D eigenvalue weighted by Gasteiger charge is -2.26. The summed E-state index contributed by atoms with van der Waals surface area (Å²) in [5, 5.41) is 0. The highest BCUT2D eigenvalue weighted by molar-refractivity contribution is 5.45. The first-order valence-electron chi connectivity index (χ1n) is 4.89. The van der Waals surface area contributed by atoms with E-state index in [2.05, 4.69) is 24.3 Å². The Morgan fingerprint density at radius 1 is 0.923 bits per heavy atom. The van der Waals surface area contributed by atoms with Gasteiger partial charge in [0.05, 0.1) is 0 Å². The maximum atomic E-state index is 6.05. The number of nitrogens with two attached hydrogens (primary N) is 2. The van der Waals surface area contributed by atoms with E-state index in [-0.39, 0.29) is 12.1 Å². The van der Waals surface area contributed by atoms with Gasteiger partial charge in [0.25, 0.3) is 0 Å². The fraction of sp³-hybridized carbons (Fsp3) is 0.455. The molecule has 4 N–H and O–H groups in total. The van der Waals surface area contributed by atoms with Crippen LogP contribution >= 0.6 is 0 Å². The second-order valence-electron chi connectivity index (χ2n) is 4.23. The van der Waals surface area contributed by atoms with Gasteiger partial charge in [-0.3, -0.25) is 0 Å². The second-order valence-corrected chi connectivity index (χ2v) is 4.23. The molecule has 2 heteroatoms. The van der Waals surface area contributed by atoms with Crippen molar-refractivity contribution in [3.63, 3.8) is 0 Å². The molecule has 0 spiro atoms. The van der Waals surface area contributed by atoms with Crippen LogP contribution < -0.4 is 11.5 Å². The molecule has 0 aromatic heterocycles. The Morgan fingerprint density at radius 2 is 1.38 bits per heavy atom. The van der Waals surface area contributed by atoms with Crippen LogP contribution in [-0.4, -0.2) is 12.1 Å². The van der Waals surface area contributed by atoms with Crippen LogP contribution in [0, 0.1) is 0 Å². The van der Waals surface area contributed by atoms with E-state index in [1.807, 2.05) is 0 Å². The minimum atomic E-state index is 0.180. The number of benzene rings is 1. The molecule has 0 amide bonds. The summed E-state index contributed by atoms with van der Waals surface area (Å²) in [5.74, 6) is 1.05. The maximum Gasteiger partial charge on any atom is 0.0268 e. The topological polar surface area (TPSA) is 52.0 Å². The Morgan fingerprint density at radius 3 is 1.85 bits per heavy atom. The first-order valence-corrected chi connectivity index (χ1v) is 4.89. The van der Waals surface area contributed by atoms with Crippen molar-refractivity contribution in [1.82, 2.24) is 0 Å². The molecule has 2 aliphatic rings. The normalized spacial score (nSPS) is 40.8. The highest BCUT2D eigenvalue weighted by Gasteiger charge is 2.47. The molecular weight excluding hydrogens is 160 g/mol. The van der Waals surface area contributed by atoms with Crippen LogP contribution in [0.2, 0.25) is 0 Å². The van der Waals surface area contributed by atoms with Gasteiger partial charge in [0, 0.05) is 23.9 Å². The lowest BCUT2D eigenvalue weighted by molar-refractivity contribution is 0.514. The quantitative estimate of drug-likeness (QED) is 0.614. The molecular formula is C11H14N2. The maximum absolute atomic E-state index is 6.05. The fourth-order valence-electron chi connectivity index (χ4n) is 2.98. The van der Waals surface area contributed by atoms with Crippen molar-refractivity contribution < 1.29 is 0 Å². The Bertz CT molecular complexity index is 315. The average molecular weight is 174 g/mol. The molecule has 2 unspecified atom stereocenters. The van der Waals surface area contributed by atoms with E-state index in [4.69, 9.17) is 11.5 Å². The predicted octanol–water partition coefficient (Wildman–Crippen LogP) is 0.926. The molecule has 0 saturated heterocycles. The third kappa shape index (κ3) is 0.798. The summed E-state index contributed by atoms with van der Waals surface area (Å²) >= 11 is 0. The highest BCUT2D eigenvalue weighted by atomic mass is 14.9. The third-order valence-corrected chi connectivity index (χ3v) is 3.68. The van der Waals surface area contributed by atoms with Gasteiger partial charge in [-0.25, -0.2) is 0 Å². The minimum absolute atomic E-state index is 0.180. The van der Waals surface area contributed by atoms with Gasteiger partial charge >= 0.3 is 0 Å². The summed E-state index contributed by atoms with van der Waals surface area (Å²) in [7, 11) is 0. The Hall–Kier alpha value is -0.860. The van der Waals surface area contributed by atoms with Gasteiger partial charge < -0.3 is 11.5 Å². The van der Waals surface area contributed by atoms with E-state index < -0.39 is 0 Å². The summed E-state index contributed by atoms with van der Waals surface area (Å²) in [6, 6.07) is 8.95. The van der Waals surface area contributed by atoms with Crippen LogP contribution in [0.15, 0.2) is 24.3 Å². The molecule has 1 aromatic rings. The van der Waals surface area contributed by atoms with Crippen molar-refractivity contribution in [2.45, 2.75) is 30.3 Å². The lowest BCUT2D eigenvalue weighted by atomic mass is 9.86. The minimum Gasteiger partial charge on any atom is -0.326 e. The van der Waals surface area contributed by atoms with E-state index >= 15 is 0 Å². The van der Waals surface area contributed by atoms with Crippen molar-refractivity contribution in [3.8, 4) is 0 Å². The molecule has 1 fully saturated rings. The van der Waals surface area contributed by atoms with Crippen LogP contribution in [-0.2, 0) is 0 Å². The summed E-state index contributed by atoms with van der Waals surface area (Å²) < 4.78 is 0. The van der Waals surface area contributed by atoms with Crippen molar-refractivity contribution in [3.05, 3.63) is 35.4 Å².